The van der Waals surface area contributed by atoms with Crippen molar-refractivity contribution in [2.24, 2.45) is 5.84 Å². The summed E-state index contributed by atoms with van der Waals surface area (Å²) in [5, 5.41) is 0. The van der Waals surface area contributed by atoms with E-state index in [0.717, 1.165) is 5.56 Å². The number of nitrogens with zero attached hydrogens (tertiary/aromatic N) is 2. The molecule has 2 aromatic rings. The van der Waals surface area contributed by atoms with Gasteiger partial charge < -0.3 is 5.43 Å². The Labute approximate surface area is 110 Å². The first-order valence-corrected chi connectivity index (χ1v) is 6.88. The molecule has 2 aromatic heterocycles. The molecule has 0 atom stereocenters. The number of nitrogen functional groups attached to an aromatic ring is 1. The van der Waals surface area contributed by atoms with Crippen molar-refractivity contribution >= 4 is 21.7 Å². The predicted molar refractivity (Wildman–Crippen MR) is 71.8 cm³/mol. The smallest absolute Gasteiger partial charge is 0.264 e. The van der Waals surface area contributed by atoms with E-state index in [1.165, 1.54) is 24.5 Å². The third-order valence-electron chi connectivity index (χ3n) is 2.44. The van der Waals surface area contributed by atoms with E-state index in [1.54, 1.807) is 19.1 Å². The van der Waals surface area contributed by atoms with Crippen LogP contribution in [0, 0.1) is 6.92 Å². The van der Waals surface area contributed by atoms with Crippen molar-refractivity contribution < 1.29 is 8.42 Å². The van der Waals surface area contributed by atoms with Crippen molar-refractivity contribution in [1.82, 2.24) is 9.97 Å². The molecule has 0 unspecified atom stereocenters. The summed E-state index contributed by atoms with van der Waals surface area (Å²) in [5.74, 6) is 5.84. The summed E-state index contributed by atoms with van der Waals surface area (Å²) < 4.78 is 26.6. The number of hydrazine groups is 1. The van der Waals surface area contributed by atoms with Gasteiger partial charge in [0.05, 0.1) is 0 Å². The lowest BCUT2D eigenvalue weighted by Crippen LogP contribution is -2.15. The topological polar surface area (TPSA) is 110 Å². The maximum absolute atomic E-state index is 12.1. The zero-order valence-electron chi connectivity index (χ0n) is 10.2. The van der Waals surface area contributed by atoms with Crippen LogP contribution in [-0.4, -0.2) is 18.4 Å². The van der Waals surface area contributed by atoms with Crippen LogP contribution in [0.25, 0.3) is 0 Å². The molecule has 0 aromatic carbocycles. The number of anilines is 2. The molecular formula is C11H13N5O2S. The third-order valence-corrected chi connectivity index (χ3v) is 3.76. The average molecular weight is 279 g/mol. The number of aromatic nitrogens is 2. The van der Waals surface area contributed by atoms with Crippen molar-refractivity contribution in [3.05, 3.63) is 42.2 Å². The Morgan fingerprint density at radius 2 is 2.00 bits per heavy atom. The first kappa shape index (κ1) is 13.2. The molecule has 0 saturated heterocycles. The van der Waals surface area contributed by atoms with E-state index in [0.29, 0.717) is 11.6 Å². The molecule has 2 rings (SSSR count). The van der Waals surface area contributed by atoms with Gasteiger partial charge in [-0.15, -0.1) is 0 Å². The van der Waals surface area contributed by atoms with E-state index in [9.17, 15) is 8.42 Å². The highest BCUT2D eigenvalue weighted by atomic mass is 32.2. The summed E-state index contributed by atoms with van der Waals surface area (Å²) in [6.45, 7) is 1.77. The van der Waals surface area contributed by atoms with Crippen molar-refractivity contribution in [2.45, 2.75) is 11.8 Å². The van der Waals surface area contributed by atoms with Crippen LogP contribution >= 0.6 is 0 Å². The first-order chi connectivity index (χ1) is 9.03. The Morgan fingerprint density at radius 1 is 1.21 bits per heavy atom. The quantitative estimate of drug-likeness (QED) is 0.566. The molecule has 0 saturated carbocycles. The minimum absolute atomic E-state index is 0.0385. The highest BCUT2D eigenvalue weighted by Crippen LogP contribution is 2.17. The molecule has 0 fully saturated rings. The summed E-state index contributed by atoms with van der Waals surface area (Å²) in [4.78, 5) is 7.87. The molecule has 7 nitrogen and oxygen atoms in total. The van der Waals surface area contributed by atoms with Gasteiger partial charge in [-0.25, -0.2) is 24.2 Å². The van der Waals surface area contributed by atoms with Gasteiger partial charge in [0, 0.05) is 12.4 Å². The highest BCUT2D eigenvalue weighted by molar-refractivity contribution is 7.92. The maximum Gasteiger partial charge on any atom is 0.264 e. The van der Waals surface area contributed by atoms with E-state index in [1.807, 2.05) is 0 Å². The van der Waals surface area contributed by atoms with Gasteiger partial charge in [0.25, 0.3) is 10.0 Å². The van der Waals surface area contributed by atoms with Crippen molar-refractivity contribution in [3.63, 3.8) is 0 Å². The van der Waals surface area contributed by atoms with Gasteiger partial charge in [-0.2, -0.15) is 0 Å². The van der Waals surface area contributed by atoms with Gasteiger partial charge in [-0.1, -0.05) is 6.07 Å². The number of pyridine rings is 2. The number of aryl methyl sites for hydroxylation is 1. The molecule has 0 spiro atoms. The van der Waals surface area contributed by atoms with Gasteiger partial charge in [0.2, 0.25) is 0 Å². The fraction of sp³-hybridized carbons (Fsp3) is 0.0909. The Balaban J connectivity index is 2.30. The number of hydrogen-bond donors (Lipinski definition) is 3. The first-order valence-electron chi connectivity index (χ1n) is 5.40. The van der Waals surface area contributed by atoms with Crippen LogP contribution in [0.5, 0.6) is 0 Å². The molecular weight excluding hydrogens is 266 g/mol. The second-order valence-electron chi connectivity index (χ2n) is 3.80. The van der Waals surface area contributed by atoms with Crippen LogP contribution in [0.15, 0.2) is 41.6 Å². The number of nitrogens with one attached hydrogen (secondary N) is 2. The minimum atomic E-state index is -3.70. The van der Waals surface area contributed by atoms with Crippen molar-refractivity contribution in [2.75, 3.05) is 10.1 Å². The van der Waals surface area contributed by atoms with Crippen LogP contribution < -0.4 is 16.0 Å². The summed E-state index contributed by atoms with van der Waals surface area (Å²) in [6, 6.07) is 6.38. The molecule has 0 amide bonds. The molecule has 8 heteroatoms. The molecule has 19 heavy (non-hydrogen) atoms. The van der Waals surface area contributed by atoms with E-state index in [2.05, 4.69) is 20.1 Å². The lowest BCUT2D eigenvalue weighted by molar-refractivity contribution is 0.600. The van der Waals surface area contributed by atoms with Gasteiger partial charge >= 0.3 is 0 Å². The van der Waals surface area contributed by atoms with E-state index in [4.69, 9.17) is 5.84 Å². The largest absolute Gasteiger partial charge is 0.308 e. The molecule has 0 aliphatic heterocycles. The standard InChI is InChI=1S/C11H13N5O2S/c1-8-3-2-6-13-11(8)16-19(17,18)9-4-5-10(15-12)14-7-9/h2-7H,12H2,1H3,(H,13,16)(H,14,15). The maximum atomic E-state index is 12.1. The Morgan fingerprint density at radius 3 is 2.58 bits per heavy atom. The van der Waals surface area contributed by atoms with Gasteiger partial charge in [0.1, 0.15) is 16.5 Å². The molecule has 0 bridgehead atoms. The van der Waals surface area contributed by atoms with Gasteiger partial charge in [-0.05, 0) is 30.7 Å². The second kappa shape index (κ2) is 5.21. The third kappa shape index (κ3) is 2.98. The number of sulfonamides is 1. The predicted octanol–water partition coefficient (Wildman–Crippen LogP) is 0.871. The fourth-order valence-electron chi connectivity index (χ4n) is 1.40. The van der Waals surface area contributed by atoms with Crippen LogP contribution in [0.1, 0.15) is 5.56 Å². The number of hydrogen-bond acceptors (Lipinski definition) is 6. The Hall–Kier alpha value is -2.19. The molecule has 100 valence electrons. The summed E-state index contributed by atoms with van der Waals surface area (Å²) >= 11 is 0. The molecule has 0 radical (unpaired) electrons. The second-order valence-corrected chi connectivity index (χ2v) is 5.48. The van der Waals surface area contributed by atoms with Crippen molar-refractivity contribution in [3.8, 4) is 0 Å². The number of nitrogens with two attached hydrogens (primary N) is 1. The minimum Gasteiger partial charge on any atom is -0.308 e. The molecule has 0 aliphatic rings. The summed E-state index contributed by atoms with van der Waals surface area (Å²) in [7, 11) is -3.70. The summed E-state index contributed by atoms with van der Waals surface area (Å²) in [6.07, 6.45) is 2.74. The van der Waals surface area contributed by atoms with Gasteiger partial charge in [0.15, 0.2) is 0 Å². The van der Waals surface area contributed by atoms with Crippen molar-refractivity contribution in [1.29, 1.82) is 0 Å². The van der Waals surface area contributed by atoms with Crippen LogP contribution in [0.3, 0.4) is 0 Å². The van der Waals surface area contributed by atoms with E-state index >= 15 is 0 Å². The SMILES string of the molecule is Cc1cccnc1NS(=O)(=O)c1ccc(NN)nc1. The lowest BCUT2D eigenvalue weighted by atomic mass is 10.3. The Kier molecular flexibility index (Phi) is 3.63. The van der Waals surface area contributed by atoms with E-state index < -0.39 is 10.0 Å². The monoisotopic (exact) mass is 279 g/mol. The summed E-state index contributed by atoms with van der Waals surface area (Å²) in [5.41, 5.74) is 3.06. The molecule has 0 aliphatic carbocycles. The highest BCUT2D eigenvalue weighted by Gasteiger charge is 2.16. The molecule has 2 heterocycles. The average Bonchev–Trinajstić information content (AvgIpc) is 2.41. The zero-order chi connectivity index (χ0) is 13.9. The van der Waals surface area contributed by atoms with Crippen LogP contribution in [0.4, 0.5) is 11.6 Å². The Bertz CT molecular complexity index is 670. The van der Waals surface area contributed by atoms with Crippen LogP contribution in [0.2, 0.25) is 0 Å². The fourth-order valence-corrected chi connectivity index (χ4v) is 2.43. The normalized spacial score (nSPS) is 11.1. The van der Waals surface area contributed by atoms with E-state index in [-0.39, 0.29) is 4.90 Å². The number of rotatable bonds is 4. The lowest BCUT2D eigenvalue weighted by Gasteiger charge is -2.09. The zero-order valence-corrected chi connectivity index (χ0v) is 11.0. The van der Waals surface area contributed by atoms with Gasteiger partial charge in [-0.3, -0.25) is 4.72 Å². The molecule has 4 N–H and O–H groups in total. The van der Waals surface area contributed by atoms with Crippen LogP contribution in [-0.2, 0) is 10.0 Å².